The largest absolute Gasteiger partial charge is 0.497 e. The maximum absolute atomic E-state index is 13.2. The number of hydrogen-bond donors (Lipinski definition) is 2. The molecule has 0 aliphatic carbocycles. The van der Waals surface area contributed by atoms with Gasteiger partial charge < -0.3 is 15.2 Å². The summed E-state index contributed by atoms with van der Waals surface area (Å²) < 4.78 is 44.5. The molecule has 0 fully saturated rings. The van der Waals surface area contributed by atoms with E-state index in [0.29, 0.717) is 11.4 Å². The van der Waals surface area contributed by atoms with Crippen molar-refractivity contribution in [2.75, 3.05) is 19.0 Å². The molecule has 2 N–H and O–H groups in total. The molecule has 6 heteroatoms. The van der Waals surface area contributed by atoms with E-state index in [0.717, 1.165) is 12.1 Å². The Balaban J connectivity index is 2.27. The van der Waals surface area contributed by atoms with Crippen molar-refractivity contribution >= 4 is 5.69 Å². The summed E-state index contributed by atoms with van der Waals surface area (Å²) in [6, 6.07) is 7.76. The summed E-state index contributed by atoms with van der Waals surface area (Å²) in [5.74, 6) is -3.53. The number of halogens is 3. The summed E-state index contributed by atoms with van der Waals surface area (Å²) >= 11 is 0. The summed E-state index contributed by atoms with van der Waals surface area (Å²) in [7, 11) is 1.51. The van der Waals surface area contributed by atoms with E-state index >= 15 is 0 Å². The summed E-state index contributed by atoms with van der Waals surface area (Å²) in [6.07, 6.45) is 0. The van der Waals surface area contributed by atoms with Crippen molar-refractivity contribution < 1.29 is 23.0 Å². The van der Waals surface area contributed by atoms with Crippen LogP contribution < -0.4 is 10.1 Å². The second-order valence-corrected chi connectivity index (χ2v) is 4.41. The zero-order valence-electron chi connectivity index (χ0n) is 11.2. The molecule has 0 aromatic heterocycles. The molecule has 0 aliphatic heterocycles. The minimum absolute atomic E-state index is 0.108. The topological polar surface area (TPSA) is 41.5 Å². The quantitative estimate of drug-likeness (QED) is 0.832. The molecule has 3 nitrogen and oxygen atoms in total. The van der Waals surface area contributed by atoms with Gasteiger partial charge in [-0.25, -0.2) is 13.2 Å². The average Bonchev–Trinajstić information content (AvgIpc) is 2.50. The number of ether oxygens (including phenoxy) is 1. The van der Waals surface area contributed by atoms with E-state index in [9.17, 15) is 18.3 Å². The number of nitrogens with one attached hydrogen (secondary N) is 1. The van der Waals surface area contributed by atoms with Crippen LogP contribution in [0.15, 0.2) is 36.4 Å². The van der Waals surface area contributed by atoms with Crippen LogP contribution in [0.3, 0.4) is 0 Å². The van der Waals surface area contributed by atoms with Crippen molar-refractivity contribution in [1.82, 2.24) is 0 Å². The summed E-state index contributed by atoms with van der Waals surface area (Å²) in [5, 5.41) is 12.3. The number of aliphatic hydroxyl groups excluding tert-OH is 1. The molecular formula is C15H14F3NO2. The molecule has 0 bridgehead atoms. The maximum Gasteiger partial charge on any atom is 0.194 e. The Morgan fingerprint density at radius 2 is 1.81 bits per heavy atom. The molecule has 0 aliphatic rings. The lowest BCUT2D eigenvalue weighted by Crippen LogP contribution is -2.16. The number of benzene rings is 2. The maximum atomic E-state index is 13.2. The predicted octanol–water partition coefficient (Wildman–Crippen LogP) is 3.26. The van der Waals surface area contributed by atoms with E-state index < -0.39 is 30.1 Å². The first-order valence-corrected chi connectivity index (χ1v) is 6.21. The van der Waals surface area contributed by atoms with Gasteiger partial charge in [-0.05, 0) is 29.8 Å². The van der Waals surface area contributed by atoms with E-state index in [1.54, 1.807) is 24.3 Å². The second kappa shape index (κ2) is 6.49. The van der Waals surface area contributed by atoms with Crippen molar-refractivity contribution in [3.8, 4) is 5.75 Å². The second-order valence-electron chi connectivity index (χ2n) is 4.41. The lowest BCUT2D eigenvalue weighted by Gasteiger charge is -2.19. The molecule has 21 heavy (non-hydrogen) atoms. The first-order valence-electron chi connectivity index (χ1n) is 6.21. The first kappa shape index (κ1) is 15.2. The molecule has 2 aromatic rings. The normalized spacial score (nSPS) is 12.0. The van der Waals surface area contributed by atoms with Crippen LogP contribution in [-0.4, -0.2) is 18.8 Å². The number of aliphatic hydroxyl groups is 1. The van der Waals surface area contributed by atoms with E-state index in [1.807, 2.05) is 0 Å². The molecule has 0 heterocycles. The zero-order valence-corrected chi connectivity index (χ0v) is 11.2. The van der Waals surface area contributed by atoms with Gasteiger partial charge in [-0.1, -0.05) is 6.07 Å². The lowest BCUT2D eigenvalue weighted by molar-refractivity contribution is 0.275. The third-order valence-electron chi connectivity index (χ3n) is 3.00. The highest BCUT2D eigenvalue weighted by Crippen LogP contribution is 2.25. The van der Waals surface area contributed by atoms with Gasteiger partial charge in [0, 0.05) is 11.8 Å². The molecule has 0 saturated carbocycles. The molecule has 0 amide bonds. The van der Waals surface area contributed by atoms with Crippen LogP contribution in [0.1, 0.15) is 11.6 Å². The van der Waals surface area contributed by atoms with Gasteiger partial charge in [-0.2, -0.15) is 0 Å². The zero-order chi connectivity index (χ0) is 15.4. The van der Waals surface area contributed by atoms with Crippen LogP contribution in [0.25, 0.3) is 0 Å². The third kappa shape index (κ3) is 3.46. The molecule has 2 aromatic carbocycles. The monoisotopic (exact) mass is 297 g/mol. The Kier molecular flexibility index (Phi) is 4.70. The molecule has 1 unspecified atom stereocenters. The van der Waals surface area contributed by atoms with Gasteiger partial charge in [-0.15, -0.1) is 0 Å². The van der Waals surface area contributed by atoms with Crippen LogP contribution in [0.5, 0.6) is 5.75 Å². The van der Waals surface area contributed by atoms with E-state index in [4.69, 9.17) is 4.74 Å². The summed E-state index contributed by atoms with van der Waals surface area (Å²) in [4.78, 5) is 0. The van der Waals surface area contributed by atoms with Gasteiger partial charge in [0.1, 0.15) is 5.75 Å². The minimum Gasteiger partial charge on any atom is -0.497 e. The molecular weight excluding hydrogens is 283 g/mol. The fourth-order valence-electron chi connectivity index (χ4n) is 1.92. The highest BCUT2D eigenvalue weighted by atomic mass is 19.2. The number of rotatable bonds is 5. The van der Waals surface area contributed by atoms with Crippen molar-refractivity contribution in [2.24, 2.45) is 0 Å². The van der Waals surface area contributed by atoms with Crippen molar-refractivity contribution in [1.29, 1.82) is 0 Å². The number of hydrogen-bond acceptors (Lipinski definition) is 3. The SMILES string of the molecule is COc1cccc(NC(CO)c2cc(F)c(F)c(F)c2)c1. The number of anilines is 1. The van der Waals surface area contributed by atoms with Gasteiger partial charge in [0.25, 0.3) is 0 Å². The molecule has 2 rings (SSSR count). The smallest absolute Gasteiger partial charge is 0.194 e. The standard InChI is InChI=1S/C15H14F3NO2/c1-21-11-4-2-3-10(7-11)19-14(8-20)9-5-12(16)15(18)13(17)6-9/h2-7,14,19-20H,8H2,1H3. The highest BCUT2D eigenvalue weighted by Gasteiger charge is 2.17. The highest BCUT2D eigenvalue weighted by molar-refractivity contribution is 5.50. The van der Waals surface area contributed by atoms with Gasteiger partial charge in [0.05, 0.1) is 19.8 Å². The lowest BCUT2D eigenvalue weighted by atomic mass is 10.1. The Hall–Kier alpha value is -2.21. The van der Waals surface area contributed by atoms with E-state index in [2.05, 4.69) is 5.32 Å². The first-order chi connectivity index (χ1) is 10.0. The molecule has 0 saturated heterocycles. The van der Waals surface area contributed by atoms with Crippen LogP contribution in [0.4, 0.5) is 18.9 Å². The van der Waals surface area contributed by atoms with Crippen LogP contribution in [0, 0.1) is 17.5 Å². The molecule has 112 valence electrons. The molecule has 0 spiro atoms. The summed E-state index contributed by atoms with van der Waals surface area (Å²) in [6.45, 7) is -0.415. The predicted molar refractivity (Wildman–Crippen MR) is 72.8 cm³/mol. The molecule has 1 atom stereocenters. The van der Waals surface area contributed by atoms with Crippen LogP contribution in [0.2, 0.25) is 0 Å². The van der Waals surface area contributed by atoms with Gasteiger partial charge >= 0.3 is 0 Å². The third-order valence-corrected chi connectivity index (χ3v) is 3.00. The number of methoxy groups -OCH3 is 1. The van der Waals surface area contributed by atoms with Gasteiger partial charge in [0.2, 0.25) is 0 Å². The average molecular weight is 297 g/mol. The Morgan fingerprint density at radius 3 is 2.38 bits per heavy atom. The Labute approximate surface area is 120 Å². The van der Waals surface area contributed by atoms with Crippen LogP contribution >= 0.6 is 0 Å². The van der Waals surface area contributed by atoms with E-state index in [-0.39, 0.29) is 5.56 Å². The van der Waals surface area contributed by atoms with Crippen molar-refractivity contribution in [2.45, 2.75) is 6.04 Å². The Morgan fingerprint density at radius 1 is 1.14 bits per heavy atom. The van der Waals surface area contributed by atoms with Gasteiger partial charge in [-0.3, -0.25) is 0 Å². The minimum atomic E-state index is -1.53. The Bertz CT molecular complexity index is 611. The molecule has 0 radical (unpaired) electrons. The summed E-state index contributed by atoms with van der Waals surface area (Å²) in [5.41, 5.74) is 0.704. The fraction of sp³-hybridized carbons (Fsp3) is 0.200. The van der Waals surface area contributed by atoms with E-state index in [1.165, 1.54) is 7.11 Å². The van der Waals surface area contributed by atoms with Gasteiger partial charge in [0.15, 0.2) is 17.5 Å². The van der Waals surface area contributed by atoms with Crippen LogP contribution in [-0.2, 0) is 0 Å². The van der Waals surface area contributed by atoms with Crippen molar-refractivity contribution in [3.05, 3.63) is 59.4 Å². The fourth-order valence-corrected chi connectivity index (χ4v) is 1.92. The van der Waals surface area contributed by atoms with Crippen molar-refractivity contribution in [3.63, 3.8) is 0 Å².